The molecule has 0 aliphatic heterocycles. The minimum Gasteiger partial charge on any atom is -0.355 e. The molecular weight excluding hydrogens is 685 g/mol. The highest BCUT2D eigenvalue weighted by molar-refractivity contribution is 7.90. The first-order chi connectivity index (χ1) is 24.5. The second-order valence-electron chi connectivity index (χ2n) is 13.1. The fourth-order valence-electron chi connectivity index (χ4n) is 5.27. The normalized spacial score (nSPS) is 13.8. The Hall–Kier alpha value is -4.86. The number of nitrogens with zero attached hydrogens (tertiary/aromatic N) is 3. The molecule has 0 saturated heterocycles. The Morgan fingerprint density at radius 1 is 0.788 bits per heavy atom. The van der Waals surface area contributed by atoms with Crippen molar-refractivity contribution in [2.45, 2.75) is 65.2 Å². The van der Waals surface area contributed by atoms with Gasteiger partial charge < -0.3 is 26.6 Å². The molecule has 4 atom stereocenters. The Labute approximate surface area is 307 Å². The molecule has 5 N–H and O–H groups in total. The molecular formula is C37H52N8O6S. The van der Waals surface area contributed by atoms with E-state index >= 15 is 0 Å². The summed E-state index contributed by atoms with van der Waals surface area (Å²) < 4.78 is 28.2. The van der Waals surface area contributed by atoms with E-state index in [1.54, 1.807) is 38.2 Å². The van der Waals surface area contributed by atoms with E-state index in [1.165, 1.54) is 39.3 Å². The van der Waals surface area contributed by atoms with Crippen LogP contribution in [0.4, 0.5) is 5.69 Å². The van der Waals surface area contributed by atoms with Gasteiger partial charge in [-0.05, 0) is 69.0 Å². The minimum atomic E-state index is -3.97. The molecule has 2 aromatic carbocycles. The largest absolute Gasteiger partial charge is 0.355 e. The van der Waals surface area contributed by atoms with Crippen LogP contribution in [-0.4, -0.2) is 93.7 Å². The van der Waals surface area contributed by atoms with Gasteiger partial charge in [-0.3, -0.25) is 28.5 Å². The average Bonchev–Trinajstić information content (AvgIpc) is 3.12. The van der Waals surface area contributed by atoms with Gasteiger partial charge >= 0.3 is 10.2 Å². The Kier molecular flexibility index (Phi) is 15.3. The van der Waals surface area contributed by atoms with Gasteiger partial charge in [-0.15, -0.1) is 0 Å². The summed E-state index contributed by atoms with van der Waals surface area (Å²) in [4.78, 5) is 57.5. The van der Waals surface area contributed by atoms with Gasteiger partial charge in [-0.25, -0.2) is 0 Å². The summed E-state index contributed by atoms with van der Waals surface area (Å²) in [5.41, 5.74) is 1.78. The van der Waals surface area contributed by atoms with E-state index in [4.69, 9.17) is 0 Å². The van der Waals surface area contributed by atoms with Crippen LogP contribution in [0, 0.1) is 5.92 Å². The van der Waals surface area contributed by atoms with E-state index < -0.39 is 46.2 Å². The number of benzene rings is 2. The molecule has 282 valence electrons. The molecule has 1 heterocycles. The predicted molar refractivity (Wildman–Crippen MR) is 202 cm³/mol. The zero-order valence-electron chi connectivity index (χ0n) is 31.1. The van der Waals surface area contributed by atoms with Crippen molar-refractivity contribution in [1.29, 1.82) is 0 Å². The average molecular weight is 737 g/mol. The van der Waals surface area contributed by atoms with Gasteiger partial charge in [-0.2, -0.15) is 12.7 Å². The fraction of sp³-hybridized carbons (Fsp3) is 0.432. The summed E-state index contributed by atoms with van der Waals surface area (Å²) in [7, 11) is 0.138. The minimum absolute atomic E-state index is 0.0551. The van der Waals surface area contributed by atoms with Gasteiger partial charge in [0.25, 0.3) is 11.8 Å². The Morgan fingerprint density at radius 2 is 1.40 bits per heavy atom. The molecule has 0 fully saturated rings. The first kappa shape index (κ1) is 41.6. The number of likely N-dealkylation sites (N-methyl/N-ethyl adjacent to an activating group) is 1. The van der Waals surface area contributed by atoms with Gasteiger partial charge in [0.2, 0.25) is 11.8 Å². The third kappa shape index (κ3) is 11.6. The van der Waals surface area contributed by atoms with Gasteiger partial charge in [0.15, 0.2) is 0 Å². The van der Waals surface area contributed by atoms with E-state index in [9.17, 15) is 27.6 Å². The number of carbonyl (C=O) groups excluding carboxylic acids is 4. The Morgan fingerprint density at radius 3 is 1.96 bits per heavy atom. The monoisotopic (exact) mass is 736 g/mol. The van der Waals surface area contributed by atoms with Gasteiger partial charge in [0.05, 0.1) is 23.5 Å². The smallest absolute Gasteiger partial charge is 0.303 e. The molecule has 14 nitrogen and oxygen atoms in total. The predicted octanol–water partition coefficient (Wildman–Crippen LogP) is 2.41. The lowest BCUT2D eigenvalue weighted by Crippen LogP contribution is -2.55. The molecule has 1 aromatic heterocycles. The van der Waals surface area contributed by atoms with Crippen LogP contribution in [0.5, 0.6) is 0 Å². The van der Waals surface area contributed by atoms with E-state index in [1.807, 2.05) is 51.1 Å². The SMILES string of the molecule is CCNC(=O)[C@@H](NC(=O)[C@H](C)NC[C@H](Cc1ccccc1)NC(=O)c1cc(C(=O)NC(C)c2ccccn2)cc(N(C)S(=O)(=O)N(C)C)c1)C(C)C. The number of carbonyl (C=O) groups is 4. The standard InChI is InChI=1S/C37H52N8O6S/c1-9-38-37(49)33(24(2)3)43-34(46)26(5)40-23-30(19-27-15-11-10-12-16-27)42-36(48)29-20-28(21-31(22-29)45(8)52(50,51)44(6)7)35(47)41-25(4)32-17-13-14-18-39-32/h10-18,20-22,24-26,30,33,40H,9,19,23H2,1-8H3,(H,38,49)(H,41,47)(H,42,48)(H,43,46)/t25?,26-,30-,33-/m0/s1. The Balaban J connectivity index is 1.90. The van der Waals surface area contributed by atoms with Gasteiger partial charge in [0.1, 0.15) is 6.04 Å². The quantitative estimate of drug-likeness (QED) is 0.132. The summed E-state index contributed by atoms with van der Waals surface area (Å²) in [5.74, 6) is -1.86. The molecule has 4 amide bonds. The fourth-order valence-corrected chi connectivity index (χ4v) is 6.13. The highest BCUT2D eigenvalue weighted by Crippen LogP contribution is 2.23. The third-order valence-electron chi connectivity index (χ3n) is 8.41. The topological polar surface area (TPSA) is 182 Å². The lowest BCUT2D eigenvalue weighted by molar-refractivity contribution is -0.130. The highest BCUT2D eigenvalue weighted by atomic mass is 32.2. The molecule has 3 rings (SSSR count). The van der Waals surface area contributed by atoms with Crippen LogP contribution < -0.4 is 30.9 Å². The lowest BCUT2D eigenvalue weighted by atomic mass is 10.0. The molecule has 0 saturated carbocycles. The van der Waals surface area contributed by atoms with Crippen LogP contribution >= 0.6 is 0 Å². The summed E-state index contributed by atoms with van der Waals surface area (Å²) in [6.07, 6.45) is 2.01. The maximum atomic E-state index is 14.0. The number of hydrogen-bond donors (Lipinski definition) is 5. The van der Waals surface area contributed by atoms with Gasteiger partial charge in [-0.1, -0.05) is 50.2 Å². The molecule has 1 unspecified atom stereocenters. The molecule has 52 heavy (non-hydrogen) atoms. The van der Waals surface area contributed by atoms with Crippen LogP contribution in [0.3, 0.4) is 0 Å². The molecule has 0 aliphatic rings. The van der Waals surface area contributed by atoms with Crippen molar-refractivity contribution in [2.24, 2.45) is 5.92 Å². The number of amides is 4. The van der Waals surface area contributed by atoms with Crippen molar-refractivity contribution < 1.29 is 27.6 Å². The van der Waals surface area contributed by atoms with Crippen LogP contribution in [0.2, 0.25) is 0 Å². The van der Waals surface area contributed by atoms with Gasteiger partial charge in [0, 0.05) is 57.6 Å². The molecule has 3 aromatic rings. The summed E-state index contributed by atoms with van der Waals surface area (Å²) in [6.45, 7) is 9.56. The summed E-state index contributed by atoms with van der Waals surface area (Å²) >= 11 is 0. The summed E-state index contributed by atoms with van der Waals surface area (Å²) in [6, 6.07) is 16.6. The van der Waals surface area contributed by atoms with Crippen molar-refractivity contribution in [2.75, 3.05) is 38.5 Å². The zero-order chi connectivity index (χ0) is 38.6. The second-order valence-corrected chi connectivity index (χ2v) is 15.3. The summed E-state index contributed by atoms with van der Waals surface area (Å²) in [5, 5.41) is 14.6. The van der Waals surface area contributed by atoms with Crippen LogP contribution in [0.15, 0.2) is 72.9 Å². The Bertz CT molecular complexity index is 1770. The van der Waals surface area contributed by atoms with E-state index in [0.717, 1.165) is 14.2 Å². The van der Waals surface area contributed by atoms with Crippen molar-refractivity contribution in [1.82, 2.24) is 35.9 Å². The van der Waals surface area contributed by atoms with E-state index in [-0.39, 0.29) is 41.1 Å². The highest BCUT2D eigenvalue weighted by Gasteiger charge is 2.28. The molecule has 0 radical (unpaired) electrons. The van der Waals surface area contributed by atoms with Crippen molar-refractivity contribution in [3.63, 3.8) is 0 Å². The van der Waals surface area contributed by atoms with E-state index in [2.05, 4.69) is 31.6 Å². The van der Waals surface area contributed by atoms with Crippen molar-refractivity contribution in [3.8, 4) is 0 Å². The first-order valence-electron chi connectivity index (χ1n) is 17.2. The second kappa shape index (κ2) is 19.1. The molecule has 0 spiro atoms. The number of hydrogen-bond acceptors (Lipinski definition) is 8. The maximum Gasteiger partial charge on any atom is 0.303 e. The first-order valence-corrected chi connectivity index (χ1v) is 18.6. The van der Waals surface area contributed by atoms with Crippen LogP contribution in [0.25, 0.3) is 0 Å². The number of aromatic nitrogens is 1. The van der Waals surface area contributed by atoms with Crippen LogP contribution in [0.1, 0.15) is 72.6 Å². The van der Waals surface area contributed by atoms with Crippen molar-refractivity contribution in [3.05, 3.63) is 95.3 Å². The number of rotatable bonds is 18. The molecule has 0 bridgehead atoms. The number of anilines is 1. The lowest BCUT2D eigenvalue weighted by Gasteiger charge is -2.26. The third-order valence-corrected chi connectivity index (χ3v) is 10.2. The van der Waals surface area contributed by atoms with Crippen molar-refractivity contribution >= 4 is 39.5 Å². The number of pyridine rings is 1. The van der Waals surface area contributed by atoms with E-state index in [0.29, 0.717) is 18.7 Å². The molecule has 0 aliphatic carbocycles. The number of nitrogens with one attached hydrogen (secondary N) is 5. The van der Waals surface area contributed by atoms with Crippen LogP contribution in [-0.2, 0) is 26.2 Å². The maximum absolute atomic E-state index is 14.0. The molecule has 15 heteroatoms. The zero-order valence-corrected chi connectivity index (χ0v) is 32.0.